The van der Waals surface area contributed by atoms with Gasteiger partial charge >= 0.3 is 0 Å². The lowest BCUT2D eigenvalue weighted by Crippen LogP contribution is -1.85. The summed E-state index contributed by atoms with van der Waals surface area (Å²) in [5, 5.41) is 13.6. The molecule has 0 bridgehead atoms. The highest BCUT2D eigenvalue weighted by Crippen LogP contribution is 2.30. The van der Waals surface area contributed by atoms with Crippen LogP contribution >= 0.6 is 11.6 Å². The maximum absolute atomic E-state index is 13.2. The fourth-order valence-corrected chi connectivity index (χ4v) is 2.12. The molecule has 3 aromatic rings. The van der Waals surface area contributed by atoms with Gasteiger partial charge in [0.05, 0.1) is 5.02 Å². The van der Waals surface area contributed by atoms with Crippen LogP contribution in [0.25, 0.3) is 22.8 Å². The van der Waals surface area contributed by atoms with Crippen molar-refractivity contribution in [1.29, 1.82) is 0 Å². The average Bonchev–Trinajstić information content (AvgIpc) is 2.94. The lowest BCUT2D eigenvalue weighted by Gasteiger charge is -2.02. The van der Waals surface area contributed by atoms with Crippen LogP contribution in [0.4, 0.5) is 4.39 Å². The largest absolute Gasteiger partial charge is 0.508 e. The zero-order valence-corrected chi connectivity index (χ0v) is 11.7. The molecule has 3 rings (SSSR count). The van der Waals surface area contributed by atoms with Crippen molar-refractivity contribution in [2.45, 2.75) is 6.92 Å². The van der Waals surface area contributed by atoms with Crippen LogP contribution in [0.3, 0.4) is 0 Å². The lowest BCUT2D eigenvalue weighted by atomic mass is 10.1. The first-order valence-electron chi connectivity index (χ1n) is 6.14. The number of aromatic nitrogens is 2. The van der Waals surface area contributed by atoms with E-state index in [2.05, 4.69) is 10.1 Å². The summed E-state index contributed by atoms with van der Waals surface area (Å²) in [6.45, 7) is 1.75. The molecule has 2 aromatic carbocycles. The molecule has 0 saturated carbocycles. The zero-order valence-electron chi connectivity index (χ0n) is 11.0. The van der Waals surface area contributed by atoms with Gasteiger partial charge in [0.25, 0.3) is 5.89 Å². The fraction of sp³-hybridized carbons (Fsp3) is 0.0667. The molecule has 0 atom stereocenters. The molecule has 0 unspecified atom stereocenters. The summed E-state index contributed by atoms with van der Waals surface area (Å²) in [6, 6.07) is 9.23. The van der Waals surface area contributed by atoms with E-state index < -0.39 is 5.82 Å². The van der Waals surface area contributed by atoms with E-state index in [0.717, 1.165) is 0 Å². The molecular formula is C15H10ClFN2O2. The van der Waals surface area contributed by atoms with Gasteiger partial charge in [-0.25, -0.2) is 4.39 Å². The summed E-state index contributed by atoms with van der Waals surface area (Å²) in [6.07, 6.45) is 0. The molecule has 1 N–H and O–H groups in total. The second-order valence-electron chi connectivity index (χ2n) is 4.50. The number of nitrogens with zero attached hydrogens (tertiary/aromatic N) is 2. The molecule has 0 amide bonds. The van der Waals surface area contributed by atoms with Gasteiger partial charge < -0.3 is 9.63 Å². The van der Waals surface area contributed by atoms with Gasteiger partial charge in [0.1, 0.15) is 11.6 Å². The summed E-state index contributed by atoms with van der Waals surface area (Å²) >= 11 is 5.74. The van der Waals surface area contributed by atoms with Gasteiger partial charge in [0.15, 0.2) is 0 Å². The maximum atomic E-state index is 13.2. The Labute approximate surface area is 124 Å². The summed E-state index contributed by atoms with van der Waals surface area (Å²) in [5.74, 6) is 0.221. The lowest BCUT2D eigenvalue weighted by molar-refractivity contribution is 0.431. The van der Waals surface area contributed by atoms with Crippen LogP contribution < -0.4 is 0 Å². The number of rotatable bonds is 2. The van der Waals surface area contributed by atoms with Crippen molar-refractivity contribution in [3.63, 3.8) is 0 Å². The first kappa shape index (κ1) is 13.6. The molecule has 0 aliphatic rings. The number of phenols is 1. The highest BCUT2D eigenvalue weighted by Gasteiger charge is 2.14. The van der Waals surface area contributed by atoms with Crippen LogP contribution in [0.1, 0.15) is 5.56 Å². The van der Waals surface area contributed by atoms with Gasteiger partial charge in [-0.1, -0.05) is 22.8 Å². The van der Waals surface area contributed by atoms with Crippen molar-refractivity contribution >= 4 is 11.6 Å². The number of aromatic hydroxyl groups is 1. The Morgan fingerprint density at radius 3 is 2.81 bits per heavy atom. The minimum absolute atomic E-state index is 0.00705. The van der Waals surface area contributed by atoms with Crippen LogP contribution in [-0.4, -0.2) is 15.2 Å². The monoisotopic (exact) mass is 304 g/mol. The second-order valence-corrected chi connectivity index (χ2v) is 4.91. The van der Waals surface area contributed by atoms with E-state index >= 15 is 0 Å². The fourth-order valence-electron chi connectivity index (χ4n) is 1.94. The van der Waals surface area contributed by atoms with E-state index in [1.54, 1.807) is 25.1 Å². The summed E-state index contributed by atoms with van der Waals surface area (Å²) < 4.78 is 18.4. The molecule has 0 fully saturated rings. The zero-order chi connectivity index (χ0) is 15.0. The summed E-state index contributed by atoms with van der Waals surface area (Å²) in [7, 11) is 0. The molecule has 0 spiro atoms. The van der Waals surface area contributed by atoms with Crippen molar-refractivity contribution in [3.8, 4) is 28.6 Å². The highest BCUT2D eigenvalue weighted by molar-refractivity contribution is 6.31. The molecule has 106 valence electrons. The highest BCUT2D eigenvalue weighted by atomic mass is 35.5. The third-order valence-corrected chi connectivity index (χ3v) is 3.43. The van der Waals surface area contributed by atoms with Crippen LogP contribution in [0, 0.1) is 12.7 Å². The molecule has 0 aliphatic carbocycles. The van der Waals surface area contributed by atoms with Crippen LogP contribution in [0.5, 0.6) is 5.75 Å². The van der Waals surface area contributed by atoms with Crippen molar-refractivity contribution in [3.05, 3.63) is 52.8 Å². The topological polar surface area (TPSA) is 59.2 Å². The van der Waals surface area contributed by atoms with E-state index in [0.29, 0.717) is 22.5 Å². The molecule has 0 aliphatic heterocycles. The second kappa shape index (κ2) is 5.18. The third-order valence-electron chi connectivity index (χ3n) is 3.14. The quantitative estimate of drug-likeness (QED) is 0.770. The van der Waals surface area contributed by atoms with E-state index in [4.69, 9.17) is 16.1 Å². The molecule has 0 radical (unpaired) electrons. The first-order chi connectivity index (χ1) is 10.1. The SMILES string of the molecule is Cc1c(O)cccc1-c1nc(-c2ccc(F)c(Cl)c2)no1. The number of benzene rings is 2. The predicted molar refractivity (Wildman–Crippen MR) is 76.5 cm³/mol. The van der Waals surface area contributed by atoms with Gasteiger partial charge in [0, 0.05) is 16.7 Å². The average molecular weight is 305 g/mol. The van der Waals surface area contributed by atoms with Gasteiger partial charge in [-0.05, 0) is 37.3 Å². The van der Waals surface area contributed by atoms with Gasteiger partial charge in [-0.15, -0.1) is 0 Å². The van der Waals surface area contributed by atoms with Crippen molar-refractivity contribution in [1.82, 2.24) is 10.1 Å². The minimum atomic E-state index is -0.507. The number of phenolic OH excluding ortho intramolecular Hbond substituents is 1. The molecular weight excluding hydrogens is 295 g/mol. The summed E-state index contributed by atoms with van der Waals surface area (Å²) in [5.41, 5.74) is 1.83. The summed E-state index contributed by atoms with van der Waals surface area (Å²) in [4.78, 5) is 4.25. The Bertz CT molecular complexity index is 817. The molecule has 1 heterocycles. The standard InChI is InChI=1S/C15H10ClFN2O2/c1-8-10(3-2-4-13(8)20)15-18-14(19-21-15)9-5-6-12(17)11(16)7-9/h2-7,20H,1H3. The minimum Gasteiger partial charge on any atom is -0.508 e. The third kappa shape index (κ3) is 2.48. The van der Waals surface area contributed by atoms with Gasteiger partial charge in [0.2, 0.25) is 5.82 Å². The Kier molecular flexibility index (Phi) is 3.35. The van der Waals surface area contributed by atoms with Gasteiger partial charge in [-0.2, -0.15) is 4.98 Å². The van der Waals surface area contributed by atoms with Crippen molar-refractivity contribution in [2.75, 3.05) is 0 Å². The first-order valence-corrected chi connectivity index (χ1v) is 6.52. The van der Waals surface area contributed by atoms with E-state index in [1.165, 1.54) is 18.2 Å². The van der Waals surface area contributed by atoms with Crippen LogP contribution in [-0.2, 0) is 0 Å². The molecule has 4 nitrogen and oxygen atoms in total. The van der Waals surface area contributed by atoms with Gasteiger partial charge in [-0.3, -0.25) is 0 Å². The molecule has 1 aromatic heterocycles. The molecule has 0 saturated heterocycles. The Balaban J connectivity index is 2.03. The smallest absolute Gasteiger partial charge is 0.258 e. The van der Waals surface area contributed by atoms with Crippen LogP contribution in [0.15, 0.2) is 40.9 Å². The van der Waals surface area contributed by atoms with E-state index in [1.807, 2.05) is 0 Å². The number of hydrogen-bond donors (Lipinski definition) is 1. The maximum Gasteiger partial charge on any atom is 0.258 e. The van der Waals surface area contributed by atoms with E-state index in [9.17, 15) is 9.50 Å². The Hall–Kier alpha value is -2.40. The molecule has 21 heavy (non-hydrogen) atoms. The Morgan fingerprint density at radius 2 is 2.05 bits per heavy atom. The van der Waals surface area contributed by atoms with E-state index in [-0.39, 0.29) is 16.7 Å². The van der Waals surface area contributed by atoms with Crippen molar-refractivity contribution in [2.24, 2.45) is 0 Å². The van der Waals surface area contributed by atoms with Crippen molar-refractivity contribution < 1.29 is 14.0 Å². The Morgan fingerprint density at radius 1 is 1.24 bits per heavy atom. The number of halogens is 2. The number of hydrogen-bond acceptors (Lipinski definition) is 4. The van der Waals surface area contributed by atoms with Crippen LogP contribution in [0.2, 0.25) is 5.02 Å². The predicted octanol–water partition coefficient (Wildman–Crippen LogP) is 4.21. The molecule has 6 heteroatoms. The normalized spacial score (nSPS) is 10.8.